The summed E-state index contributed by atoms with van der Waals surface area (Å²) in [6.45, 7) is 3.57. The van der Waals surface area contributed by atoms with Crippen LogP contribution >= 0.6 is 0 Å². The van der Waals surface area contributed by atoms with E-state index in [9.17, 15) is 14.7 Å². The zero-order chi connectivity index (χ0) is 21.3. The molecular formula is C21H27N5O4. The second-order valence-electron chi connectivity index (χ2n) is 7.75. The van der Waals surface area contributed by atoms with Gasteiger partial charge in [0.05, 0.1) is 25.9 Å². The summed E-state index contributed by atoms with van der Waals surface area (Å²) in [7, 11) is 3.07. The average molecular weight is 413 g/mol. The molecule has 1 aromatic carbocycles. The van der Waals surface area contributed by atoms with Gasteiger partial charge in [0.25, 0.3) is 5.56 Å². The number of hydrogen-bond donors (Lipinski definition) is 1. The minimum absolute atomic E-state index is 0.226. The van der Waals surface area contributed by atoms with Gasteiger partial charge in [0.1, 0.15) is 5.82 Å². The van der Waals surface area contributed by atoms with Crippen LogP contribution in [0.1, 0.15) is 11.4 Å². The maximum Gasteiger partial charge on any atom is 0.332 e. The molecule has 0 spiro atoms. The number of imidazole rings is 1. The molecule has 1 atom stereocenters. The summed E-state index contributed by atoms with van der Waals surface area (Å²) in [5.41, 5.74) is 0.897. The number of benzene rings is 1. The van der Waals surface area contributed by atoms with Crippen molar-refractivity contribution >= 4 is 11.2 Å². The third kappa shape index (κ3) is 3.96. The molecule has 160 valence electrons. The molecule has 1 saturated heterocycles. The van der Waals surface area contributed by atoms with E-state index in [1.807, 2.05) is 30.3 Å². The predicted molar refractivity (Wildman–Crippen MR) is 113 cm³/mol. The Morgan fingerprint density at radius 3 is 2.47 bits per heavy atom. The predicted octanol–water partition coefficient (Wildman–Crippen LogP) is -0.282. The Kier molecular flexibility index (Phi) is 5.85. The fourth-order valence-corrected chi connectivity index (χ4v) is 3.95. The molecule has 30 heavy (non-hydrogen) atoms. The van der Waals surface area contributed by atoms with E-state index >= 15 is 0 Å². The summed E-state index contributed by atoms with van der Waals surface area (Å²) in [6.07, 6.45) is -0.186. The van der Waals surface area contributed by atoms with Gasteiger partial charge in [-0.15, -0.1) is 0 Å². The lowest BCUT2D eigenvalue weighted by Gasteiger charge is -2.28. The highest BCUT2D eigenvalue weighted by molar-refractivity contribution is 5.71. The quantitative estimate of drug-likeness (QED) is 0.597. The average Bonchev–Trinajstić information content (AvgIpc) is 3.10. The Bertz CT molecular complexity index is 1140. The van der Waals surface area contributed by atoms with Crippen LogP contribution in [-0.4, -0.2) is 67.6 Å². The fraction of sp³-hybridized carbons (Fsp3) is 0.476. The van der Waals surface area contributed by atoms with Crippen molar-refractivity contribution in [1.29, 1.82) is 0 Å². The van der Waals surface area contributed by atoms with Crippen LogP contribution in [0.5, 0.6) is 0 Å². The maximum atomic E-state index is 12.9. The van der Waals surface area contributed by atoms with E-state index < -0.39 is 17.4 Å². The summed E-state index contributed by atoms with van der Waals surface area (Å²) in [6, 6.07) is 9.82. The molecule has 0 bridgehead atoms. The van der Waals surface area contributed by atoms with Crippen LogP contribution in [0, 0.1) is 0 Å². The zero-order valence-electron chi connectivity index (χ0n) is 17.3. The van der Waals surface area contributed by atoms with Crippen molar-refractivity contribution in [3.05, 3.63) is 62.6 Å². The Hall–Kier alpha value is -2.75. The molecule has 4 rings (SSSR count). The smallest absolute Gasteiger partial charge is 0.332 e. The van der Waals surface area contributed by atoms with Gasteiger partial charge in [-0.3, -0.25) is 18.8 Å². The number of β-amino-alcohol motifs (C(OH)–C–C–N with tert-alkyl or cyclic N) is 1. The molecule has 9 nitrogen and oxygen atoms in total. The van der Waals surface area contributed by atoms with Crippen LogP contribution in [0.3, 0.4) is 0 Å². The summed E-state index contributed by atoms with van der Waals surface area (Å²) in [4.78, 5) is 32.1. The lowest BCUT2D eigenvalue weighted by atomic mass is 10.1. The molecule has 0 saturated carbocycles. The van der Waals surface area contributed by atoms with Gasteiger partial charge in [0, 0.05) is 40.2 Å². The van der Waals surface area contributed by atoms with Crippen molar-refractivity contribution in [1.82, 2.24) is 23.6 Å². The van der Waals surface area contributed by atoms with Crippen molar-refractivity contribution in [2.45, 2.75) is 19.1 Å². The summed E-state index contributed by atoms with van der Waals surface area (Å²) in [5.74, 6) is 0.649. The van der Waals surface area contributed by atoms with Gasteiger partial charge >= 0.3 is 5.69 Å². The number of aromatic nitrogens is 4. The second-order valence-corrected chi connectivity index (χ2v) is 7.75. The Labute approximate surface area is 173 Å². The highest BCUT2D eigenvalue weighted by Crippen LogP contribution is 2.16. The van der Waals surface area contributed by atoms with Gasteiger partial charge in [0.2, 0.25) is 0 Å². The van der Waals surface area contributed by atoms with Gasteiger partial charge in [-0.1, -0.05) is 30.3 Å². The number of aryl methyl sites for hydroxylation is 1. The first-order valence-electron chi connectivity index (χ1n) is 10.1. The fourth-order valence-electron chi connectivity index (χ4n) is 3.95. The van der Waals surface area contributed by atoms with Gasteiger partial charge in [-0.2, -0.15) is 0 Å². The number of aliphatic hydroxyl groups excluding tert-OH is 1. The van der Waals surface area contributed by atoms with Crippen LogP contribution in [0.25, 0.3) is 11.2 Å². The number of rotatable bonds is 6. The minimum atomic E-state index is -0.683. The molecule has 1 aliphatic heterocycles. The molecule has 3 heterocycles. The molecule has 1 N–H and O–H groups in total. The standard InChI is InChI=1S/C21H27N5O4/c1-23-19-18(20(28)24(2)21(23)29)26(14-16(27)13-25-8-10-30-11-9-25)17(22-19)12-15-6-4-3-5-7-15/h3-7,16,27H,8-14H2,1-2H3/t16-/m1/s1. The molecule has 0 radical (unpaired) electrons. The number of aliphatic hydroxyl groups is 1. The van der Waals surface area contributed by atoms with Crippen LogP contribution in [0.15, 0.2) is 39.9 Å². The van der Waals surface area contributed by atoms with E-state index in [4.69, 9.17) is 4.74 Å². The summed E-state index contributed by atoms with van der Waals surface area (Å²) >= 11 is 0. The normalized spacial score (nSPS) is 16.2. The number of hydrogen-bond acceptors (Lipinski definition) is 6. The van der Waals surface area contributed by atoms with E-state index in [1.165, 1.54) is 11.6 Å². The van der Waals surface area contributed by atoms with E-state index in [0.29, 0.717) is 43.2 Å². The summed E-state index contributed by atoms with van der Waals surface area (Å²) in [5, 5.41) is 10.8. The number of fused-ring (bicyclic) bond motifs is 1. The topological polar surface area (TPSA) is 94.5 Å². The molecule has 9 heteroatoms. The monoisotopic (exact) mass is 413 g/mol. The van der Waals surface area contributed by atoms with Crippen LogP contribution in [0.2, 0.25) is 0 Å². The van der Waals surface area contributed by atoms with Gasteiger partial charge < -0.3 is 14.4 Å². The highest BCUT2D eigenvalue weighted by atomic mass is 16.5. The van der Waals surface area contributed by atoms with E-state index in [-0.39, 0.29) is 6.54 Å². The van der Waals surface area contributed by atoms with Crippen molar-refractivity contribution in [3.8, 4) is 0 Å². The van der Waals surface area contributed by atoms with Crippen molar-refractivity contribution < 1.29 is 9.84 Å². The first-order valence-corrected chi connectivity index (χ1v) is 10.1. The molecule has 2 aromatic heterocycles. The molecular weight excluding hydrogens is 386 g/mol. The SMILES string of the molecule is Cn1c(=O)c2c(nc(Cc3ccccc3)n2C[C@H](O)CN2CCOCC2)n(C)c1=O. The van der Waals surface area contributed by atoms with Gasteiger partial charge in [-0.05, 0) is 5.56 Å². The second kappa shape index (κ2) is 8.55. The van der Waals surface area contributed by atoms with Crippen LogP contribution in [0.4, 0.5) is 0 Å². The molecule has 0 aliphatic carbocycles. The van der Waals surface area contributed by atoms with E-state index in [1.54, 1.807) is 11.6 Å². The highest BCUT2D eigenvalue weighted by Gasteiger charge is 2.22. The third-order valence-electron chi connectivity index (χ3n) is 5.60. The van der Waals surface area contributed by atoms with Crippen LogP contribution in [-0.2, 0) is 31.8 Å². The Balaban J connectivity index is 1.75. The van der Waals surface area contributed by atoms with Gasteiger partial charge in [-0.25, -0.2) is 9.78 Å². The first-order chi connectivity index (χ1) is 14.5. The lowest BCUT2D eigenvalue weighted by Crippen LogP contribution is -2.42. The maximum absolute atomic E-state index is 12.9. The number of morpholine rings is 1. The molecule has 0 unspecified atom stereocenters. The van der Waals surface area contributed by atoms with Crippen LogP contribution < -0.4 is 11.2 Å². The number of ether oxygens (including phenoxy) is 1. The van der Waals surface area contributed by atoms with Crippen molar-refractivity contribution in [3.63, 3.8) is 0 Å². The Morgan fingerprint density at radius 2 is 1.77 bits per heavy atom. The largest absolute Gasteiger partial charge is 0.390 e. The molecule has 1 aliphatic rings. The number of nitrogens with zero attached hydrogens (tertiary/aromatic N) is 5. The van der Waals surface area contributed by atoms with Gasteiger partial charge in [0.15, 0.2) is 11.2 Å². The minimum Gasteiger partial charge on any atom is -0.390 e. The summed E-state index contributed by atoms with van der Waals surface area (Å²) < 4.78 is 9.61. The Morgan fingerprint density at radius 1 is 1.07 bits per heavy atom. The van der Waals surface area contributed by atoms with E-state index in [0.717, 1.165) is 23.2 Å². The third-order valence-corrected chi connectivity index (χ3v) is 5.60. The van der Waals surface area contributed by atoms with Crippen molar-refractivity contribution in [2.75, 3.05) is 32.8 Å². The van der Waals surface area contributed by atoms with Crippen molar-refractivity contribution in [2.24, 2.45) is 14.1 Å². The molecule has 1 fully saturated rings. The van der Waals surface area contributed by atoms with E-state index in [2.05, 4.69) is 9.88 Å². The zero-order valence-corrected chi connectivity index (χ0v) is 17.3. The molecule has 3 aromatic rings. The lowest BCUT2D eigenvalue weighted by molar-refractivity contribution is 0.0116. The molecule has 0 amide bonds. The first kappa shape index (κ1) is 20.5.